The molecule has 0 aliphatic heterocycles. The minimum absolute atomic E-state index is 0.493. The van der Waals surface area contributed by atoms with E-state index in [2.05, 4.69) is 40.7 Å². The number of nitrogens with one attached hydrogen (secondary N) is 1. The van der Waals surface area contributed by atoms with E-state index in [9.17, 15) is 5.11 Å². The van der Waals surface area contributed by atoms with E-state index in [1.54, 1.807) is 22.2 Å². The topological polar surface area (TPSA) is 50.1 Å². The highest BCUT2D eigenvalue weighted by atomic mass is 32.1. The Morgan fingerprint density at radius 1 is 1.38 bits per heavy atom. The van der Waals surface area contributed by atoms with Crippen molar-refractivity contribution in [1.29, 1.82) is 0 Å². The molecule has 1 aromatic carbocycles. The molecule has 0 saturated heterocycles. The summed E-state index contributed by atoms with van der Waals surface area (Å²) in [6, 6.07) is 10.6. The van der Waals surface area contributed by atoms with Crippen LogP contribution in [0, 0.1) is 0 Å². The molecular weight excluding hydrogens is 282 g/mol. The second-order valence-corrected chi connectivity index (χ2v) is 6.70. The molecule has 3 aromatic rings. The van der Waals surface area contributed by atoms with Gasteiger partial charge < -0.3 is 10.4 Å². The van der Waals surface area contributed by atoms with Gasteiger partial charge in [-0.25, -0.2) is 0 Å². The summed E-state index contributed by atoms with van der Waals surface area (Å²) in [4.78, 5) is 1.28. The Morgan fingerprint density at radius 2 is 2.19 bits per heavy atom. The summed E-state index contributed by atoms with van der Waals surface area (Å²) in [6.07, 6.45) is 3.56. The Morgan fingerprint density at radius 3 is 2.90 bits per heavy atom. The maximum atomic E-state index is 10.5. The minimum Gasteiger partial charge on any atom is -0.384 e. The lowest BCUT2D eigenvalue weighted by Gasteiger charge is -2.22. The minimum atomic E-state index is -0.912. The third-order valence-corrected chi connectivity index (χ3v) is 4.69. The number of nitrogens with zero attached hydrogens (tertiary/aromatic N) is 2. The van der Waals surface area contributed by atoms with Crippen LogP contribution in [0.1, 0.15) is 17.4 Å². The highest BCUT2D eigenvalue weighted by molar-refractivity contribution is 7.19. The number of fused-ring (bicyclic) bond motifs is 1. The van der Waals surface area contributed by atoms with Crippen LogP contribution in [0.5, 0.6) is 0 Å². The molecule has 1 unspecified atom stereocenters. The monoisotopic (exact) mass is 301 g/mol. The number of benzene rings is 1. The van der Waals surface area contributed by atoms with E-state index in [4.69, 9.17) is 0 Å². The first-order valence-electron chi connectivity index (χ1n) is 6.94. The normalized spacial score (nSPS) is 14.4. The maximum Gasteiger partial charge on any atom is 0.102 e. The molecule has 0 fully saturated rings. The van der Waals surface area contributed by atoms with Crippen molar-refractivity contribution in [3.63, 3.8) is 0 Å². The van der Waals surface area contributed by atoms with Crippen molar-refractivity contribution in [3.05, 3.63) is 53.2 Å². The van der Waals surface area contributed by atoms with Gasteiger partial charge in [0.15, 0.2) is 0 Å². The Kier molecular flexibility index (Phi) is 3.80. The van der Waals surface area contributed by atoms with Gasteiger partial charge in [-0.3, -0.25) is 4.68 Å². The smallest absolute Gasteiger partial charge is 0.102 e. The highest BCUT2D eigenvalue weighted by Crippen LogP contribution is 2.25. The van der Waals surface area contributed by atoms with Gasteiger partial charge in [0.05, 0.1) is 6.20 Å². The van der Waals surface area contributed by atoms with E-state index in [0.717, 1.165) is 12.1 Å². The zero-order chi connectivity index (χ0) is 14.9. The second-order valence-electron chi connectivity index (χ2n) is 5.53. The van der Waals surface area contributed by atoms with Gasteiger partial charge in [0.2, 0.25) is 0 Å². The zero-order valence-corrected chi connectivity index (χ0v) is 13.0. The summed E-state index contributed by atoms with van der Waals surface area (Å²) in [7, 11) is 1.85. The quantitative estimate of drug-likeness (QED) is 0.761. The number of rotatable bonds is 5. The number of hydrogen-bond acceptors (Lipinski definition) is 4. The van der Waals surface area contributed by atoms with Crippen LogP contribution >= 0.6 is 11.3 Å². The first-order valence-corrected chi connectivity index (χ1v) is 7.76. The van der Waals surface area contributed by atoms with E-state index in [1.165, 1.54) is 15.0 Å². The molecule has 4 nitrogen and oxygen atoms in total. The number of aryl methyl sites for hydroxylation is 1. The molecular formula is C16H19N3OS. The summed E-state index contributed by atoms with van der Waals surface area (Å²) in [5, 5.41) is 19.2. The molecule has 110 valence electrons. The highest BCUT2D eigenvalue weighted by Gasteiger charge is 2.24. The van der Waals surface area contributed by atoms with Crippen molar-refractivity contribution in [1.82, 2.24) is 15.1 Å². The summed E-state index contributed by atoms with van der Waals surface area (Å²) < 4.78 is 3.00. The summed E-state index contributed by atoms with van der Waals surface area (Å²) in [6.45, 7) is 3.06. The fraction of sp³-hybridized carbons (Fsp3) is 0.312. The van der Waals surface area contributed by atoms with E-state index in [0.29, 0.717) is 6.54 Å². The predicted molar refractivity (Wildman–Crippen MR) is 86.3 cm³/mol. The SMILES string of the molecule is Cn1cc(C(C)(O)CNCc2cc3ccccc3s2)cn1. The van der Waals surface area contributed by atoms with Gasteiger partial charge in [-0.15, -0.1) is 11.3 Å². The fourth-order valence-electron chi connectivity index (χ4n) is 2.35. The fourth-order valence-corrected chi connectivity index (χ4v) is 3.39. The molecule has 2 aromatic heterocycles. The first kappa shape index (κ1) is 14.3. The van der Waals surface area contributed by atoms with Crippen molar-refractivity contribution in [2.24, 2.45) is 7.05 Å². The van der Waals surface area contributed by atoms with Crippen LogP contribution in [0.2, 0.25) is 0 Å². The van der Waals surface area contributed by atoms with Crippen molar-refractivity contribution >= 4 is 21.4 Å². The van der Waals surface area contributed by atoms with Gasteiger partial charge in [-0.1, -0.05) is 18.2 Å². The van der Waals surface area contributed by atoms with Crippen LogP contribution in [0.4, 0.5) is 0 Å². The van der Waals surface area contributed by atoms with Gasteiger partial charge in [0, 0.05) is 41.5 Å². The maximum absolute atomic E-state index is 10.5. The number of thiophene rings is 1. The Hall–Kier alpha value is -1.69. The van der Waals surface area contributed by atoms with E-state index in [-0.39, 0.29) is 0 Å². The van der Waals surface area contributed by atoms with Crippen LogP contribution in [-0.2, 0) is 19.2 Å². The number of hydrogen-bond donors (Lipinski definition) is 2. The molecule has 0 bridgehead atoms. The van der Waals surface area contributed by atoms with Crippen LogP contribution in [0.15, 0.2) is 42.7 Å². The van der Waals surface area contributed by atoms with E-state index < -0.39 is 5.60 Å². The van der Waals surface area contributed by atoms with Gasteiger partial charge in [-0.05, 0) is 24.4 Å². The van der Waals surface area contributed by atoms with Crippen LogP contribution < -0.4 is 5.32 Å². The lowest BCUT2D eigenvalue weighted by atomic mass is 10.00. The molecule has 0 spiro atoms. The van der Waals surface area contributed by atoms with Crippen LogP contribution in [-0.4, -0.2) is 21.4 Å². The van der Waals surface area contributed by atoms with Crippen molar-refractivity contribution in [2.75, 3.05) is 6.54 Å². The van der Waals surface area contributed by atoms with Crippen molar-refractivity contribution in [3.8, 4) is 0 Å². The molecule has 2 heterocycles. The molecule has 3 rings (SSSR count). The lowest BCUT2D eigenvalue weighted by Crippen LogP contribution is -2.34. The molecule has 0 amide bonds. The summed E-state index contributed by atoms with van der Waals surface area (Å²) in [5.41, 5.74) is -0.0841. The predicted octanol–water partition coefficient (Wildman–Crippen LogP) is 2.63. The van der Waals surface area contributed by atoms with Gasteiger partial charge >= 0.3 is 0 Å². The van der Waals surface area contributed by atoms with Gasteiger partial charge in [0.25, 0.3) is 0 Å². The summed E-state index contributed by atoms with van der Waals surface area (Å²) in [5.74, 6) is 0. The molecule has 0 saturated carbocycles. The average molecular weight is 301 g/mol. The summed E-state index contributed by atoms with van der Waals surface area (Å²) >= 11 is 1.79. The third kappa shape index (κ3) is 3.15. The molecule has 0 radical (unpaired) electrons. The molecule has 5 heteroatoms. The Labute approximate surface area is 128 Å². The lowest BCUT2D eigenvalue weighted by molar-refractivity contribution is 0.0567. The standard InChI is InChI=1S/C16H19N3OS/c1-16(20,13-8-18-19(2)10-13)11-17-9-14-7-12-5-3-4-6-15(12)21-14/h3-8,10,17,20H,9,11H2,1-2H3. The molecule has 2 N–H and O–H groups in total. The Balaban J connectivity index is 1.62. The van der Waals surface area contributed by atoms with Crippen LogP contribution in [0.3, 0.4) is 0 Å². The largest absolute Gasteiger partial charge is 0.384 e. The number of aliphatic hydroxyl groups is 1. The molecule has 21 heavy (non-hydrogen) atoms. The van der Waals surface area contributed by atoms with Crippen LogP contribution in [0.25, 0.3) is 10.1 Å². The van der Waals surface area contributed by atoms with Gasteiger partial charge in [-0.2, -0.15) is 5.10 Å². The Bertz CT molecular complexity index is 712. The average Bonchev–Trinajstić information content (AvgIpc) is 3.04. The van der Waals surface area contributed by atoms with Crippen molar-refractivity contribution < 1.29 is 5.11 Å². The van der Waals surface area contributed by atoms with E-state index >= 15 is 0 Å². The molecule has 1 atom stereocenters. The number of aromatic nitrogens is 2. The molecule has 0 aliphatic rings. The zero-order valence-electron chi connectivity index (χ0n) is 12.2. The van der Waals surface area contributed by atoms with Gasteiger partial charge in [0.1, 0.15) is 5.60 Å². The van der Waals surface area contributed by atoms with Crippen molar-refractivity contribution in [2.45, 2.75) is 19.1 Å². The molecule has 0 aliphatic carbocycles. The third-order valence-electron chi connectivity index (χ3n) is 3.57. The van der Waals surface area contributed by atoms with E-state index in [1.807, 2.05) is 20.2 Å². The second kappa shape index (κ2) is 5.60. The first-order chi connectivity index (χ1) is 10.0.